The van der Waals surface area contributed by atoms with Crippen molar-refractivity contribution in [1.29, 1.82) is 0 Å². The van der Waals surface area contributed by atoms with Crippen molar-refractivity contribution in [3.05, 3.63) is 223 Å². The minimum atomic E-state index is -0.949. The zero-order valence-corrected chi connectivity index (χ0v) is 52.0. The number of amides is 3. The summed E-state index contributed by atoms with van der Waals surface area (Å²) in [5, 5.41) is 10.5. The fraction of sp³-hybridized carbons (Fsp3) is 0.388. The van der Waals surface area contributed by atoms with Gasteiger partial charge in [-0.1, -0.05) is 195 Å². The van der Waals surface area contributed by atoms with Crippen molar-refractivity contribution in [3.8, 4) is 0 Å². The predicted octanol–water partition coefficient (Wildman–Crippen LogP) is 18.1. The first-order chi connectivity index (χ1) is 38.0. The topological polar surface area (TPSA) is 121 Å². The molecule has 4 saturated heterocycles. The van der Waals surface area contributed by atoms with Crippen molar-refractivity contribution in [3.63, 3.8) is 0 Å². The molecule has 7 atom stereocenters. The van der Waals surface area contributed by atoms with E-state index in [9.17, 15) is 19.5 Å². The third-order valence-electron chi connectivity index (χ3n) is 15.8. The van der Waals surface area contributed by atoms with E-state index in [-0.39, 0.29) is 55.6 Å². The molecular formula is C67H81Br3FN3O8. The zero-order chi connectivity index (χ0) is 57.5. The van der Waals surface area contributed by atoms with Crippen molar-refractivity contribution in [2.45, 2.75) is 141 Å². The SMILES string of the molecule is C.C=C(C)C[C@]1(c2ccccc2)CCN([C@@H](C)c2ccc(Br)cc2)C(=O)O1.C[C@@H](c1ccc(Br)cc1)N1CC[C@](CC(C)(C)O)(c2ccccc2)OC1=O.C[C@@H](c1ccc(Br)cc1)N1CC[C@](CC2(C)CO2)(c2ccccc2)OC1=O.F.[HH]. The predicted molar refractivity (Wildman–Crippen MR) is 336 cm³/mol. The summed E-state index contributed by atoms with van der Waals surface area (Å²) < 4.78 is 26.9. The second-order valence-electron chi connectivity index (χ2n) is 22.7. The number of cyclic esters (lactones) is 3. The Labute approximate surface area is 511 Å². The van der Waals surface area contributed by atoms with E-state index < -0.39 is 22.4 Å². The summed E-state index contributed by atoms with van der Waals surface area (Å²) >= 11 is 10.4. The largest absolute Gasteiger partial charge is 0.438 e. The molecule has 3 amide bonds. The fourth-order valence-electron chi connectivity index (χ4n) is 11.4. The van der Waals surface area contributed by atoms with Gasteiger partial charge in [-0.05, 0) is 118 Å². The maximum absolute atomic E-state index is 13.0. The van der Waals surface area contributed by atoms with Crippen LogP contribution in [0.2, 0.25) is 0 Å². The second-order valence-corrected chi connectivity index (χ2v) is 25.5. The average Bonchev–Trinajstić information content (AvgIpc) is 4.37. The van der Waals surface area contributed by atoms with Crippen LogP contribution in [0.4, 0.5) is 19.1 Å². The van der Waals surface area contributed by atoms with Gasteiger partial charge in [-0.3, -0.25) is 4.70 Å². The summed E-state index contributed by atoms with van der Waals surface area (Å²) in [5.74, 6) is 0. The van der Waals surface area contributed by atoms with Gasteiger partial charge in [0.2, 0.25) is 0 Å². The molecule has 0 aliphatic carbocycles. The normalized spacial score (nSPS) is 23.3. The van der Waals surface area contributed by atoms with Gasteiger partial charge in [0.25, 0.3) is 0 Å². The third kappa shape index (κ3) is 16.1. The fourth-order valence-corrected chi connectivity index (χ4v) is 12.2. The highest BCUT2D eigenvalue weighted by atomic mass is 79.9. The lowest BCUT2D eigenvalue weighted by atomic mass is 9.80. The van der Waals surface area contributed by atoms with Crippen molar-refractivity contribution >= 4 is 66.1 Å². The Hall–Kier alpha value is -5.84. The number of nitrogens with zero attached hydrogens (tertiary/aromatic N) is 3. The van der Waals surface area contributed by atoms with Crippen LogP contribution >= 0.6 is 47.8 Å². The van der Waals surface area contributed by atoms with Gasteiger partial charge in [-0.2, -0.15) is 0 Å². The lowest BCUT2D eigenvalue weighted by molar-refractivity contribution is -0.101. The molecule has 10 rings (SSSR count). The maximum Gasteiger partial charge on any atom is 0.411 e. The van der Waals surface area contributed by atoms with Crippen LogP contribution in [0.1, 0.15) is 147 Å². The molecule has 440 valence electrons. The first-order valence-corrected chi connectivity index (χ1v) is 29.8. The molecule has 0 aromatic heterocycles. The van der Waals surface area contributed by atoms with Crippen LogP contribution in [-0.2, 0) is 35.8 Å². The molecule has 4 fully saturated rings. The Morgan fingerprint density at radius 2 is 0.854 bits per heavy atom. The highest BCUT2D eigenvalue weighted by Crippen LogP contribution is 2.48. The molecule has 4 aliphatic heterocycles. The molecule has 82 heavy (non-hydrogen) atoms. The molecule has 0 saturated carbocycles. The summed E-state index contributed by atoms with van der Waals surface area (Å²) in [4.78, 5) is 44.3. The molecular weight excluding hydrogens is 1230 g/mol. The molecule has 4 heterocycles. The van der Waals surface area contributed by atoms with Crippen molar-refractivity contribution < 1.29 is 44.6 Å². The van der Waals surface area contributed by atoms with Gasteiger partial charge in [0.05, 0.1) is 35.9 Å². The summed E-state index contributed by atoms with van der Waals surface area (Å²) in [6.45, 7) is 20.3. The minimum absolute atomic E-state index is 0. The van der Waals surface area contributed by atoms with Gasteiger partial charge in [0, 0.05) is 73.0 Å². The monoisotopic (exact) mass is 1310 g/mol. The number of carbonyl (C=O) groups is 3. The summed E-state index contributed by atoms with van der Waals surface area (Å²) in [6.07, 6.45) is 2.95. The van der Waals surface area contributed by atoms with E-state index in [0.29, 0.717) is 45.3 Å². The highest BCUT2D eigenvalue weighted by molar-refractivity contribution is 9.11. The molecule has 15 heteroatoms. The maximum atomic E-state index is 13.0. The van der Waals surface area contributed by atoms with Crippen LogP contribution in [-0.4, -0.2) is 75.5 Å². The van der Waals surface area contributed by atoms with Gasteiger partial charge in [-0.15, -0.1) is 0 Å². The van der Waals surface area contributed by atoms with Crippen molar-refractivity contribution in [2.24, 2.45) is 0 Å². The molecule has 6 aromatic carbocycles. The van der Waals surface area contributed by atoms with E-state index in [1.54, 1.807) is 18.7 Å². The van der Waals surface area contributed by atoms with E-state index >= 15 is 0 Å². The standard InChI is InChI=1S/C22H24BrNO3.C22H26BrNO3.C22H24BrNO2.CH4.FH.H2/c1-16(17-8-10-19(23)11-9-17)24-13-12-22(27-20(24)25,14-21(2)15-26-21)18-6-4-3-5-7-18;1-16(17-9-11-19(23)12-10-17)24-14-13-22(27-20(24)25,15-21(2,3)26)18-7-5-4-6-8-18;1-16(2)15-22(19-7-5-4-6-8-19)13-14-24(21(25)26-22)17(3)18-9-11-20(23)12-10-18;;;/h3-11,16H,12-15H2,1-2H3;4-12,16,26H,13-15H2,1-3H3;4-12,17H,1,13-15H2,2-3H3;1H4;2*1H/t16-,21?,22-;16-,22-;17-,22-;;;/m000.../s1. The van der Waals surface area contributed by atoms with Crippen molar-refractivity contribution in [1.82, 2.24) is 14.7 Å². The summed E-state index contributed by atoms with van der Waals surface area (Å²) in [7, 11) is 0. The molecule has 1 N–H and O–H groups in total. The summed E-state index contributed by atoms with van der Waals surface area (Å²) in [6, 6.07) is 53.8. The lowest BCUT2D eigenvalue weighted by Crippen LogP contribution is -2.51. The third-order valence-corrected chi connectivity index (χ3v) is 17.4. The van der Waals surface area contributed by atoms with Crippen LogP contribution in [0, 0.1) is 0 Å². The van der Waals surface area contributed by atoms with Crippen LogP contribution < -0.4 is 0 Å². The highest BCUT2D eigenvalue weighted by Gasteiger charge is 2.53. The Balaban J connectivity index is 0.000000224. The van der Waals surface area contributed by atoms with Gasteiger partial charge >= 0.3 is 18.3 Å². The van der Waals surface area contributed by atoms with Gasteiger partial charge in [0.1, 0.15) is 16.8 Å². The molecule has 0 radical (unpaired) electrons. The molecule has 0 bridgehead atoms. The van der Waals surface area contributed by atoms with Crippen LogP contribution in [0.15, 0.2) is 189 Å². The number of rotatable bonds is 15. The Kier molecular flexibility index (Phi) is 22.1. The molecule has 1 unspecified atom stereocenters. The number of carbonyl (C=O) groups excluding carboxylic acids is 3. The average molecular weight is 1320 g/mol. The first kappa shape index (κ1) is 65.3. The lowest BCUT2D eigenvalue weighted by Gasteiger charge is -2.45. The van der Waals surface area contributed by atoms with Crippen LogP contribution in [0.5, 0.6) is 0 Å². The first-order valence-electron chi connectivity index (χ1n) is 27.4. The van der Waals surface area contributed by atoms with E-state index in [0.717, 1.165) is 71.8 Å². The molecule has 6 aromatic rings. The number of benzene rings is 6. The second kappa shape index (κ2) is 27.7. The van der Waals surface area contributed by atoms with Gasteiger partial charge in [0.15, 0.2) is 0 Å². The van der Waals surface area contributed by atoms with Crippen LogP contribution in [0.25, 0.3) is 0 Å². The minimum Gasteiger partial charge on any atom is -0.438 e. The smallest absolute Gasteiger partial charge is 0.411 e. The molecule has 11 nitrogen and oxygen atoms in total. The van der Waals surface area contributed by atoms with E-state index in [1.807, 2.05) is 201 Å². The van der Waals surface area contributed by atoms with Gasteiger partial charge in [-0.25, -0.2) is 14.4 Å². The van der Waals surface area contributed by atoms with Gasteiger partial charge < -0.3 is 38.8 Å². The van der Waals surface area contributed by atoms with E-state index in [2.05, 4.69) is 61.3 Å². The Bertz CT molecular complexity index is 2940. The van der Waals surface area contributed by atoms with E-state index in [1.165, 1.54) is 0 Å². The number of aliphatic hydroxyl groups is 1. The Morgan fingerprint density at radius 1 is 0.561 bits per heavy atom. The number of ether oxygens (including phenoxy) is 4. The number of halogens is 4. The van der Waals surface area contributed by atoms with Crippen molar-refractivity contribution in [2.75, 3.05) is 26.2 Å². The Morgan fingerprint density at radius 3 is 1.17 bits per heavy atom. The summed E-state index contributed by atoms with van der Waals surface area (Å²) in [5.41, 5.74) is 4.06. The number of epoxide rings is 1. The van der Waals surface area contributed by atoms with E-state index in [4.69, 9.17) is 18.9 Å². The number of hydrogen-bond acceptors (Lipinski definition) is 8. The number of hydrogen-bond donors (Lipinski definition) is 1. The quantitative estimate of drug-likeness (QED) is 0.0613. The molecule has 0 spiro atoms. The molecule has 4 aliphatic rings. The zero-order valence-electron chi connectivity index (χ0n) is 47.3. The van der Waals surface area contributed by atoms with Crippen LogP contribution in [0.3, 0.4) is 0 Å².